The molecule has 4 heteroatoms. The third-order valence-corrected chi connectivity index (χ3v) is 3.79. The number of hydrazone groups is 1. The van der Waals surface area contributed by atoms with Crippen LogP contribution in [-0.4, -0.2) is 16.6 Å². The van der Waals surface area contributed by atoms with Crippen molar-refractivity contribution in [1.82, 2.24) is 5.01 Å². The summed E-state index contributed by atoms with van der Waals surface area (Å²) >= 11 is 3.48. The van der Waals surface area contributed by atoms with Crippen LogP contribution in [0, 0.1) is 5.92 Å². The van der Waals surface area contributed by atoms with Gasteiger partial charge in [-0.15, -0.1) is 0 Å². The van der Waals surface area contributed by atoms with Gasteiger partial charge in [-0.2, -0.15) is 5.10 Å². The number of benzene rings is 1. The molecule has 1 amide bonds. The van der Waals surface area contributed by atoms with Crippen LogP contribution in [0.1, 0.15) is 25.8 Å². The smallest absolute Gasteiger partial charge is 0.251 e. The van der Waals surface area contributed by atoms with E-state index in [-0.39, 0.29) is 11.8 Å². The van der Waals surface area contributed by atoms with E-state index in [9.17, 15) is 4.79 Å². The van der Waals surface area contributed by atoms with Gasteiger partial charge in [-0.1, -0.05) is 41.1 Å². The Morgan fingerprint density at radius 2 is 2.12 bits per heavy atom. The van der Waals surface area contributed by atoms with Crippen LogP contribution in [0.15, 0.2) is 33.8 Å². The highest BCUT2D eigenvalue weighted by Gasteiger charge is 2.31. The second kappa shape index (κ2) is 5.00. The number of nitrogens with zero attached hydrogens (tertiary/aromatic N) is 2. The van der Waals surface area contributed by atoms with E-state index in [0.717, 1.165) is 22.2 Å². The number of rotatable bonds is 3. The molecule has 1 aliphatic rings. The van der Waals surface area contributed by atoms with E-state index >= 15 is 0 Å². The zero-order valence-corrected chi connectivity index (χ0v) is 11.6. The van der Waals surface area contributed by atoms with E-state index in [1.165, 1.54) is 0 Å². The van der Waals surface area contributed by atoms with Crippen molar-refractivity contribution in [2.45, 2.75) is 26.8 Å². The molecule has 0 saturated heterocycles. The molecular weight excluding hydrogens is 280 g/mol. The van der Waals surface area contributed by atoms with Gasteiger partial charge in [0.15, 0.2) is 0 Å². The Hall–Kier alpha value is -1.16. The fourth-order valence-corrected chi connectivity index (χ4v) is 2.35. The van der Waals surface area contributed by atoms with Crippen molar-refractivity contribution in [2.24, 2.45) is 11.0 Å². The lowest BCUT2D eigenvalue weighted by atomic mass is 10.0. The van der Waals surface area contributed by atoms with E-state index < -0.39 is 0 Å². The minimum atomic E-state index is -0.0671. The predicted molar refractivity (Wildman–Crippen MR) is 71.6 cm³/mol. The molecule has 0 N–H and O–H groups in total. The summed E-state index contributed by atoms with van der Waals surface area (Å²) in [6, 6.07) is 7.91. The number of carbonyl (C=O) groups excluding carboxylic acids is 1. The van der Waals surface area contributed by atoms with Gasteiger partial charge in [0.2, 0.25) is 0 Å². The SMILES string of the molecule is CCC1=NN(Cc2ccccc2Br)C(=O)C1C. The van der Waals surface area contributed by atoms with Gasteiger partial charge in [-0.05, 0) is 25.0 Å². The predicted octanol–water partition coefficient (Wildman–Crippen LogP) is 3.19. The van der Waals surface area contributed by atoms with Gasteiger partial charge in [-0.3, -0.25) is 4.79 Å². The molecule has 1 aliphatic heterocycles. The summed E-state index contributed by atoms with van der Waals surface area (Å²) in [6.45, 7) is 4.49. The first-order chi connectivity index (χ1) is 8.13. The molecular formula is C13H15BrN2O. The van der Waals surface area contributed by atoms with Crippen molar-refractivity contribution in [3.05, 3.63) is 34.3 Å². The molecule has 0 saturated carbocycles. The van der Waals surface area contributed by atoms with Crippen LogP contribution in [0.2, 0.25) is 0 Å². The molecule has 0 spiro atoms. The Bertz CT molecular complexity index is 470. The number of carbonyl (C=O) groups is 1. The van der Waals surface area contributed by atoms with Gasteiger partial charge >= 0.3 is 0 Å². The first-order valence-corrected chi connectivity index (χ1v) is 6.55. The van der Waals surface area contributed by atoms with Crippen LogP contribution in [0.25, 0.3) is 0 Å². The van der Waals surface area contributed by atoms with Crippen molar-refractivity contribution in [2.75, 3.05) is 0 Å². The quantitative estimate of drug-likeness (QED) is 0.843. The lowest BCUT2D eigenvalue weighted by Crippen LogP contribution is -2.25. The second-order valence-electron chi connectivity index (χ2n) is 4.15. The maximum absolute atomic E-state index is 12.0. The zero-order valence-electron chi connectivity index (χ0n) is 9.98. The zero-order chi connectivity index (χ0) is 12.4. The summed E-state index contributed by atoms with van der Waals surface area (Å²) in [4.78, 5) is 12.0. The number of halogens is 1. The maximum Gasteiger partial charge on any atom is 0.251 e. The maximum atomic E-state index is 12.0. The molecule has 0 bridgehead atoms. The lowest BCUT2D eigenvalue weighted by molar-refractivity contribution is -0.131. The van der Waals surface area contributed by atoms with Crippen LogP contribution >= 0.6 is 15.9 Å². The van der Waals surface area contributed by atoms with Crippen molar-refractivity contribution in [1.29, 1.82) is 0 Å². The van der Waals surface area contributed by atoms with Gasteiger partial charge in [0.25, 0.3) is 5.91 Å². The molecule has 0 fully saturated rings. The summed E-state index contributed by atoms with van der Waals surface area (Å²) < 4.78 is 1.01. The Balaban J connectivity index is 2.18. The van der Waals surface area contributed by atoms with Gasteiger partial charge in [0.05, 0.1) is 18.2 Å². The summed E-state index contributed by atoms with van der Waals surface area (Å²) in [6.07, 6.45) is 0.833. The summed E-state index contributed by atoms with van der Waals surface area (Å²) in [5.41, 5.74) is 2.05. The third kappa shape index (κ3) is 2.41. The summed E-state index contributed by atoms with van der Waals surface area (Å²) in [5, 5.41) is 5.96. The van der Waals surface area contributed by atoms with E-state index in [0.29, 0.717) is 6.54 Å². The molecule has 17 heavy (non-hydrogen) atoms. The minimum Gasteiger partial charge on any atom is -0.272 e. The number of amides is 1. The van der Waals surface area contributed by atoms with Crippen LogP contribution in [-0.2, 0) is 11.3 Å². The molecule has 90 valence electrons. The number of hydrogen-bond donors (Lipinski definition) is 0. The molecule has 0 radical (unpaired) electrons. The Labute approximate surface area is 110 Å². The Morgan fingerprint density at radius 1 is 1.41 bits per heavy atom. The van der Waals surface area contributed by atoms with Crippen LogP contribution in [0.4, 0.5) is 0 Å². The van der Waals surface area contributed by atoms with Crippen LogP contribution in [0.3, 0.4) is 0 Å². The highest BCUT2D eigenvalue weighted by atomic mass is 79.9. The van der Waals surface area contributed by atoms with Crippen LogP contribution in [0.5, 0.6) is 0 Å². The molecule has 0 aromatic heterocycles. The summed E-state index contributed by atoms with van der Waals surface area (Å²) in [7, 11) is 0. The number of hydrogen-bond acceptors (Lipinski definition) is 2. The normalized spacial score (nSPS) is 19.7. The molecule has 1 aromatic rings. The fourth-order valence-electron chi connectivity index (χ4n) is 1.94. The van der Waals surface area contributed by atoms with Crippen LogP contribution < -0.4 is 0 Å². The molecule has 1 atom stereocenters. The fraction of sp³-hybridized carbons (Fsp3) is 0.385. The standard InChI is InChI=1S/C13H15BrN2O/c1-3-12-9(2)13(17)16(15-12)8-10-6-4-5-7-11(10)14/h4-7,9H,3,8H2,1-2H3. The average Bonchev–Trinajstić information content (AvgIpc) is 2.60. The summed E-state index contributed by atoms with van der Waals surface area (Å²) in [5.74, 6) is 0.0279. The molecule has 1 heterocycles. The second-order valence-corrected chi connectivity index (χ2v) is 5.01. The van der Waals surface area contributed by atoms with E-state index in [4.69, 9.17) is 0 Å². The first-order valence-electron chi connectivity index (χ1n) is 5.75. The third-order valence-electron chi connectivity index (χ3n) is 3.01. The lowest BCUT2D eigenvalue weighted by Gasteiger charge is -2.13. The van der Waals surface area contributed by atoms with Crippen molar-refractivity contribution >= 4 is 27.5 Å². The molecule has 1 unspecified atom stereocenters. The molecule has 3 nitrogen and oxygen atoms in total. The van der Waals surface area contributed by atoms with Gasteiger partial charge in [0.1, 0.15) is 0 Å². The largest absolute Gasteiger partial charge is 0.272 e. The van der Waals surface area contributed by atoms with Gasteiger partial charge in [-0.25, -0.2) is 5.01 Å². The van der Waals surface area contributed by atoms with Gasteiger partial charge < -0.3 is 0 Å². The molecule has 2 rings (SSSR count). The Kier molecular flexibility index (Phi) is 3.62. The first kappa shape index (κ1) is 12.3. The van der Waals surface area contributed by atoms with Crippen molar-refractivity contribution in [3.8, 4) is 0 Å². The van der Waals surface area contributed by atoms with E-state index in [1.807, 2.05) is 38.1 Å². The van der Waals surface area contributed by atoms with Crippen molar-refractivity contribution < 1.29 is 4.79 Å². The van der Waals surface area contributed by atoms with E-state index in [2.05, 4.69) is 21.0 Å². The van der Waals surface area contributed by atoms with E-state index in [1.54, 1.807) is 5.01 Å². The highest BCUT2D eigenvalue weighted by molar-refractivity contribution is 9.10. The molecule has 0 aliphatic carbocycles. The highest BCUT2D eigenvalue weighted by Crippen LogP contribution is 2.23. The average molecular weight is 295 g/mol. The van der Waals surface area contributed by atoms with Crippen molar-refractivity contribution in [3.63, 3.8) is 0 Å². The minimum absolute atomic E-state index is 0.0671. The Morgan fingerprint density at radius 3 is 2.71 bits per heavy atom. The van der Waals surface area contributed by atoms with Gasteiger partial charge in [0, 0.05) is 4.47 Å². The molecule has 1 aromatic carbocycles. The topological polar surface area (TPSA) is 32.7 Å². The monoisotopic (exact) mass is 294 g/mol.